The number of nitrogens with two attached hydrogens (primary N) is 1. The molecule has 0 saturated carbocycles. The Labute approximate surface area is 175 Å². The van der Waals surface area contributed by atoms with E-state index in [-0.39, 0.29) is 29.7 Å². The molecule has 1 aromatic rings. The van der Waals surface area contributed by atoms with E-state index in [4.69, 9.17) is 5.73 Å². The number of aliphatic imine (C=N–C) groups is 1. The number of benzene rings is 1. The molecule has 2 rings (SSSR count). The van der Waals surface area contributed by atoms with Gasteiger partial charge in [0.1, 0.15) is 5.75 Å². The van der Waals surface area contributed by atoms with Crippen LogP contribution < -0.4 is 15.8 Å². The number of ether oxygens (including phenoxy) is 1. The van der Waals surface area contributed by atoms with Crippen LogP contribution in [0.3, 0.4) is 0 Å². The van der Waals surface area contributed by atoms with E-state index in [0.717, 1.165) is 31.0 Å². The van der Waals surface area contributed by atoms with Crippen LogP contribution in [0.2, 0.25) is 0 Å². The SMILES string of the molecule is CC1CCN(CCCNC(N)=NCc2ccc(OC(F)(F)F)cc2)CC1.I. The van der Waals surface area contributed by atoms with Crippen LogP contribution in [0.1, 0.15) is 31.7 Å². The molecular formula is C18H28F3IN4O. The van der Waals surface area contributed by atoms with Crippen LogP contribution in [-0.4, -0.2) is 43.4 Å². The third kappa shape index (κ3) is 10.0. The van der Waals surface area contributed by atoms with Gasteiger partial charge < -0.3 is 20.7 Å². The van der Waals surface area contributed by atoms with E-state index in [1.807, 2.05) is 0 Å². The van der Waals surface area contributed by atoms with Gasteiger partial charge in [0.2, 0.25) is 0 Å². The molecular weight excluding hydrogens is 472 g/mol. The maximum absolute atomic E-state index is 12.1. The second-order valence-electron chi connectivity index (χ2n) is 6.70. The van der Waals surface area contributed by atoms with Gasteiger partial charge in [0.25, 0.3) is 0 Å². The van der Waals surface area contributed by atoms with Crippen molar-refractivity contribution in [2.45, 2.75) is 39.1 Å². The zero-order valence-electron chi connectivity index (χ0n) is 15.5. The molecule has 9 heteroatoms. The maximum atomic E-state index is 12.1. The lowest BCUT2D eigenvalue weighted by atomic mass is 9.99. The van der Waals surface area contributed by atoms with Crippen LogP contribution >= 0.6 is 24.0 Å². The molecule has 0 aromatic heterocycles. The van der Waals surface area contributed by atoms with E-state index in [1.165, 1.54) is 50.2 Å². The lowest BCUT2D eigenvalue weighted by molar-refractivity contribution is -0.274. The van der Waals surface area contributed by atoms with Gasteiger partial charge in [0, 0.05) is 6.54 Å². The summed E-state index contributed by atoms with van der Waals surface area (Å²) in [7, 11) is 0. The predicted molar refractivity (Wildman–Crippen MR) is 111 cm³/mol. The summed E-state index contributed by atoms with van der Waals surface area (Å²) in [6.45, 7) is 6.73. The highest BCUT2D eigenvalue weighted by Crippen LogP contribution is 2.22. The van der Waals surface area contributed by atoms with E-state index >= 15 is 0 Å². The first-order valence-electron chi connectivity index (χ1n) is 8.92. The van der Waals surface area contributed by atoms with E-state index < -0.39 is 6.36 Å². The van der Waals surface area contributed by atoms with Crippen molar-refractivity contribution >= 4 is 29.9 Å². The number of alkyl halides is 3. The number of nitrogens with one attached hydrogen (secondary N) is 1. The fraction of sp³-hybridized carbons (Fsp3) is 0.611. The van der Waals surface area contributed by atoms with Gasteiger partial charge in [-0.15, -0.1) is 37.1 Å². The molecule has 1 aliphatic rings. The van der Waals surface area contributed by atoms with Crippen LogP contribution in [0.4, 0.5) is 13.2 Å². The van der Waals surface area contributed by atoms with Gasteiger partial charge in [0.15, 0.2) is 5.96 Å². The molecule has 0 atom stereocenters. The Bertz CT molecular complexity index is 573. The summed E-state index contributed by atoms with van der Waals surface area (Å²) >= 11 is 0. The molecule has 0 radical (unpaired) electrons. The third-order valence-corrected chi connectivity index (χ3v) is 4.42. The molecule has 1 aromatic carbocycles. The highest BCUT2D eigenvalue weighted by atomic mass is 127. The van der Waals surface area contributed by atoms with E-state index in [2.05, 4.69) is 26.9 Å². The lowest BCUT2D eigenvalue weighted by Gasteiger charge is -2.30. The van der Waals surface area contributed by atoms with Gasteiger partial charge in [0.05, 0.1) is 6.54 Å². The summed E-state index contributed by atoms with van der Waals surface area (Å²) in [4.78, 5) is 6.67. The standard InChI is InChI=1S/C18H27F3N4O.HI/c1-14-7-11-25(12-8-14)10-2-9-23-17(22)24-13-15-3-5-16(6-4-15)26-18(19,20)21;/h3-6,14H,2,7-13H2,1H3,(H3,22,23,24);1H. The van der Waals surface area contributed by atoms with Gasteiger partial charge in [-0.25, -0.2) is 4.99 Å². The molecule has 1 fully saturated rings. The Hall–Kier alpha value is -1.23. The smallest absolute Gasteiger partial charge is 0.406 e. The number of halogens is 4. The van der Waals surface area contributed by atoms with Crippen molar-refractivity contribution in [3.05, 3.63) is 29.8 Å². The molecule has 1 saturated heterocycles. The summed E-state index contributed by atoms with van der Waals surface area (Å²) in [5.41, 5.74) is 6.58. The van der Waals surface area contributed by atoms with Crippen molar-refractivity contribution in [2.24, 2.45) is 16.6 Å². The first-order chi connectivity index (χ1) is 12.3. The fourth-order valence-corrected chi connectivity index (χ4v) is 2.83. The van der Waals surface area contributed by atoms with Crippen molar-refractivity contribution < 1.29 is 17.9 Å². The molecule has 0 bridgehead atoms. The summed E-state index contributed by atoms with van der Waals surface area (Å²) in [6, 6.07) is 5.60. The molecule has 0 unspecified atom stereocenters. The zero-order chi connectivity index (χ0) is 19.0. The predicted octanol–water partition coefficient (Wildman–Crippen LogP) is 3.73. The minimum absolute atomic E-state index is 0. The first-order valence-corrected chi connectivity index (χ1v) is 8.92. The third-order valence-electron chi connectivity index (χ3n) is 4.42. The van der Waals surface area contributed by atoms with Crippen LogP contribution in [-0.2, 0) is 6.54 Å². The largest absolute Gasteiger partial charge is 0.573 e. The molecule has 0 aliphatic carbocycles. The molecule has 1 aliphatic heterocycles. The second kappa shape index (κ2) is 11.6. The first kappa shape index (κ1) is 23.8. The number of piperidine rings is 1. The highest BCUT2D eigenvalue weighted by molar-refractivity contribution is 14.0. The Morgan fingerprint density at radius 3 is 2.48 bits per heavy atom. The van der Waals surface area contributed by atoms with E-state index in [1.54, 1.807) is 0 Å². The maximum Gasteiger partial charge on any atom is 0.573 e. The Morgan fingerprint density at radius 2 is 1.89 bits per heavy atom. The van der Waals surface area contributed by atoms with Crippen LogP contribution in [0.5, 0.6) is 5.75 Å². The second-order valence-corrected chi connectivity index (χ2v) is 6.70. The summed E-state index contributed by atoms with van der Waals surface area (Å²) in [5, 5.41) is 3.07. The molecule has 0 spiro atoms. The average Bonchev–Trinajstić information content (AvgIpc) is 2.58. The van der Waals surface area contributed by atoms with E-state index in [0.29, 0.717) is 12.5 Å². The van der Waals surface area contributed by atoms with E-state index in [9.17, 15) is 13.2 Å². The van der Waals surface area contributed by atoms with Crippen molar-refractivity contribution in [1.29, 1.82) is 0 Å². The number of guanidine groups is 1. The Balaban J connectivity index is 0.00000364. The fourth-order valence-electron chi connectivity index (χ4n) is 2.83. The number of rotatable bonds is 7. The summed E-state index contributed by atoms with van der Waals surface area (Å²) < 4.78 is 40.1. The van der Waals surface area contributed by atoms with Gasteiger partial charge in [-0.05, 0) is 62.5 Å². The van der Waals surface area contributed by atoms with Gasteiger partial charge in [-0.3, -0.25) is 0 Å². The molecule has 0 amide bonds. The summed E-state index contributed by atoms with van der Waals surface area (Å²) in [5.74, 6) is 0.928. The topological polar surface area (TPSA) is 62.9 Å². The lowest BCUT2D eigenvalue weighted by Crippen LogP contribution is -2.37. The molecule has 154 valence electrons. The van der Waals surface area contributed by atoms with Crippen molar-refractivity contribution in [3.8, 4) is 5.75 Å². The van der Waals surface area contributed by atoms with Crippen LogP contribution in [0.15, 0.2) is 29.3 Å². The van der Waals surface area contributed by atoms with Crippen molar-refractivity contribution in [2.75, 3.05) is 26.2 Å². The van der Waals surface area contributed by atoms with Gasteiger partial charge in [-0.1, -0.05) is 19.1 Å². The number of hydrogen-bond donors (Lipinski definition) is 2. The molecule has 5 nitrogen and oxygen atoms in total. The van der Waals surface area contributed by atoms with Crippen molar-refractivity contribution in [3.63, 3.8) is 0 Å². The molecule has 3 N–H and O–H groups in total. The van der Waals surface area contributed by atoms with Gasteiger partial charge in [-0.2, -0.15) is 0 Å². The minimum atomic E-state index is -4.68. The quantitative estimate of drug-likeness (QED) is 0.259. The number of likely N-dealkylation sites (tertiary alicyclic amines) is 1. The number of hydrogen-bond acceptors (Lipinski definition) is 3. The highest BCUT2D eigenvalue weighted by Gasteiger charge is 2.30. The monoisotopic (exact) mass is 500 g/mol. The molecule has 1 heterocycles. The van der Waals surface area contributed by atoms with Crippen molar-refractivity contribution in [1.82, 2.24) is 10.2 Å². The Morgan fingerprint density at radius 1 is 1.26 bits per heavy atom. The minimum Gasteiger partial charge on any atom is -0.406 e. The number of nitrogens with zero attached hydrogens (tertiary/aromatic N) is 2. The average molecular weight is 500 g/mol. The zero-order valence-corrected chi connectivity index (χ0v) is 17.8. The van der Waals surface area contributed by atoms with Gasteiger partial charge >= 0.3 is 6.36 Å². The van der Waals surface area contributed by atoms with Crippen LogP contribution in [0, 0.1) is 5.92 Å². The molecule has 27 heavy (non-hydrogen) atoms. The Kier molecular flexibility index (Phi) is 10.2. The normalized spacial score (nSPS) is 16.7. The summed E-state index contributed by atoms with van der Waals surface area (Å²) in [6.07, 6.45) is -1.15. The van der Waals surface area contributed by atoms with Crippen LogP contribution in [0.25, 0.3) is 0 Å².